The number of nitrogens with zero attached hydrogens (tertiary/aromatic N) is 1. The zero-order valence-corrected chi connectivity index (χ0v) is 23.1. The Balaban J connectivity index is 1.53. The van der Waals surface area contributed by atoms with Gasteiger partial charge in [-0.25, -0.2) is 0 Å². The van der Waals surface area contributed by atoms with Crippen molar-refractivity contribution < 1.29 is 21.9 Å². The van der Waals surface area contributed by atoms with Gasteiger partial charge in [-0.2, -0.15) is 5.26 Å². The van der Waals surface area contributed by atoms with Crippen LogP contribution in [0.5, 0.6) is 0 Å². The minimum absolute atomic E-state index is 0.0212. The van der Waals surface area contributed by atoms with Crippen molar-refractivity contribution in [2.45, 2.75) is 92.4 Å². The van der Waals surface area contributed by atoms with Crippen molar-refractivity contribution in [2.75, 3.05) is 7.11 Å². The van der Waals surface area contributed by atoms with Gasteiger partial charge >= 0.3 is 5.97 Å². The lowest BCUT2D eigenvalue weighted by Crippen LogP contribution is -2.65. The average molecular weight is 506 g/mol. The number of methoxy groups -OCH3 is 1. The summed E-state index contributed by atoms with van der Waals surface area (Å²) in [4.78, 5) is 41.3. The number of carbonyl (C=O) groups is 3. The molecule has 4 fully saturated rings. The topological polar surface area (TPSA) is 84.2 Å². The van der Waals surface area contributed by atoms with Crippen molar-refractivity contribution in [3.63, 3.8) is 0 Å². The van der Waals surface area contributed by atoms with Crippen LogP contribution >= 0.6 is 0 Å². The quantitative estimate of drug-likeness (QED) is 0.400. The van der Waals surface area contributed by atoms with Gasteiger partial charge in [0.15, 0.2) is 11.6 Å². The molecule has 6 aliphatic carbocycles. The van der Waals surface area contributed by atoms with E-state index in [1.807, 2.05) is 6.92 Å². The zero-order chi connectivity index (χ0) is 28.6. The molecule has 0 heterocycles. The van der Waals surface area contributed by atoms with Crippen molar-refractivity contribution in [1.82, 2.24) is 0 Å². The maximum atomic E-state index is 14.4. The number of carbonyl (C=O) groups excluding carboxylic acids is 3. The first kappa shape index (κ1) is 22.7. The normalized spacial score (nSPS) is 51.5. The second kappa shape index (κ2) is 7.25. The van der Waals surface area contributed by atoms with Crippen LogP contribution in [0.25, 0.3) is 0 Å². The Morgan fingerprint density at radius 3 is 2.38 bits per heavy atom. The predicted molar refractivity (Wildman–Crippen MR) is 139 cm³/mol. The van der Waals surface area contributed by atoms with E-state index < -0.39 is 28.0 Å². The van der Waals surface area contributed by atoms with E-state index in [2.05, 4.69) is 33.8 Å². The van der Waals surface area contributed by atoms with Crippen molar-refractivity contribution in [3.05, 3.63) is 23.3 Å². The lowest BCUT2D eigenvalue weighted by molar-refractivity contribution is -0.190. The molecular weight excluding hydrogens is 462 g/mol. The Morgan fingerprint density at radius 1 is 1.08 bits per heavy atom. The minimum Gasteiger partial charge on any atom is -0.469 e. The third kappa shape index (κ3) is 2.83. The number of rotatable bonds is 1. The van der Waals surface area contributed by atoms with Crippen LogP contribution in [0, 0.1) is 61.6 Å². The van der Waals surface area contributed by atoms with Crippen molar-refractivity contribution in [1.29, 1.82) is 5.26 Å². The van der Waals surface area contributed by atoms with E-state index in [1.165, 1.54) is 7.11 Å². The van der Waals surface area contributed by atoms with Gasteiger partial charge < -0.3 is 4.74 Å². The molecule has 37 heavy (non-hydrogen) atoms. The summed E-state index contributed by atoms with van der Waals surface area (Å²) in [6, 6.07) is 2.08. The maximum absolute atomic E-state index is 14.4. The van der Waals surface area contributed by atoms with Gasteiger partial charge in [-0.05, 0) is 91.9 Å². The van der Waals surface area contributed by atoms with Crippen molar-refractivity contribution in [2.24, 2.45) is 50.2 Å². The van der Waals surface area contributed by atoms with Crippen LogP contribution in [0.2, 0.25) is 0 Å². The molecule has 0 N–H and O–H groups in total. The zero-order valence-electron chi connectivity index (χ0n) is 25.1. The number of esters is 1. The summed E-state index contributed by atoms with van der Waals surface area (Å²) < 4.78 is 22.6. The molecule has 0 radical (unpaired) electrons. The monoisotopic (exact) mass is 505 g/mol. The third-order valence-corrected chi connectivity index (χ3v) is 12.6. The van der Waals surface area contributed by atoms with Crippen LogP contribution < -0.4 is 0 Å². The molecule has 0 aromatic carbocycles. The van der Waals surface area contributed by atoms with E-state index in [0.29, 0.717) is 12.8 Å². The number of hydrogen-bond acceptors (Lipinski definition) is 5. The van der Waals surface area contributed by atoms with Crippen LogP contribution in [0.4, 0.5) is 0 Å². The van der Waals surface area contributed by atoms with Crippen LogP contribution in [0.3, 0.4) is 0 Å². The Morgan fingerprint density at radius 2 is 1.76 bits per heavy atom. The maximum Gasteiger partial charge on any atom is 0.312 e. The van der Waals surface area contributed by atoms with Gasteiger partial charge in [0.1, 0.15) is 6.07 Å². The fraction of sp³-hybridized carbons (Fsp3) is 0.750. The molecule has 0 bridgehead atoms. The largest absolute Gasteiger partial charge is 0.469 e. The summed E-state index contributed by atoms with van der Waals surface area (Å²) in [5.74, 6) is -1.22. The molecule has 1 spiro atoms. The van der Waals surface area contributed by atoms with Crippen LogP contribution in [0.15, 0.2) is 23.3 Å². The number of fused-ring (bicyclic) bond motifs is 8. The van der Waals surface area contributed by atoms with Gasteiger partial charge in [0, 0.05) is 19.5 Å². The fourth-order valence-corrected chi connectivity index (χ4v) is 10.2. The van der Waals surface area contributed by atoms with E-state index >= 15 is 0 Å². The number of hydrogen-bond donors (Lipinski definition) is 0. The first-order valence-electron chi connectivity index (χ1n) is 15.0. The van der Waals surface area contributed by atoms with E-state index in [0.717, 1.165) is 37.7 Å². The van der Waals surface area contributed by atoms with E-state index in [4.69, 9.17) is 7.48 Å². The molecule has 0 aliphatic heterocycles. The molecule has 1 unspecified atom stereocenters. The molecule has 198 valence electrons. The smallest absolute Gasteiger partial charge is 0.312 e. The Hall–Kier alpha value is -2.22. The highest BCUT2D eigenvalue weighted by Crippen LogP contribution is 2.76. The van der Waals surface area contributed by atoms with Gasteiger partial charge in [0.25, 0.3) is 0 Å². The van der Waals surface area contributed by atoms with Gasteiger partial charge in [0.2, 0.25) is 0 Å². The summed E-state index contributed by atoms with van der Waals surface area (Å²) in [6.45, 7) is 11.0. The second-order valence-corrected chi connectivity index (χ2v) is 14.5. The van der Waals surface area contributed by atoms with Gasteiger partial charge in [0.05, 0.1) is 18.1 Å². The molecule has 6 rings (SSSR count). The highest BCUT2D eigenvalue weighted by atomic mass is 16.5. The number of nitriles is 1. The van der Waals surface area contributed by atoms with Crippen LogP contribution in [0.1, 0.15) is 95.1 Å². The molecule has 4 saturated carbocycles. The van der Waals surface area contributed by atoms with Crippen LogP contribution in [-0.2, 0) is 19.1 Å². The van der Waals surface area contributed by atoms with E-state index in [9.17, 15) is 19.6 Å². The number of ketones is 2. The van der Waals surface area contributed by atoms with Gasteiger partial charge in [-0.15, -0.1) is 0 Å². The van der Waals surface area contributed by atoms with Gasteiger partial charge in [-0.3, -0.25) is 14.4 Å². The first-order valence-corrected chi connectivity index (χ1v) is 14.0. The fourth-order valence-electron chi connectivity index (χ4n) is 10.2. The lowest BCUT2D eigenvalue weighted by atomic mass is 9.34. The average Bonchev–Trinajstić information content (AvgIpc) is 3.44. The number of allylic oxidation sites excluding steroid dienone is 4. The highest BCUT2D eigenvalue weighted by Gasteiger charge is 2.73. The van der Waals surface area contributed by atoms with Gasteiger partial charge in [-0.1, -0.05) is 46.3 Å². The molecule has 6 aliphatic rings. The number of Topliss-reactive ketones (excluding diaryl/α,β-unsaturated/α-hetero) is 1. The summed E-state index contributed by atoms with van der Waals surface area (Å²) >= 11 is 0. The summed E-state index contributed by atoms with van der Waals surface area (Å²) in [6.07, 6.45) is 7.35. The lowest BCUT2D eigenvalue weighted by Gasteiger charge is -2.68. The van der Waals surface area contributed by atoms with E-state index in [1.54, 1.807) is 12.2 Å². The summed E-state index contributed by atoms with van der Waals surface area (Å²) in [5, 5.41) is 9.94. The predicted octanol–water partition coefficient (Wildman–Crippen LogP) is 6.13. The molecule has 0 amide bonds. The van der Waals surface area contributed by atoms with Crippen LogP contribution in [-0.4, -0.2) is 24.6 Å². The Bertz CT molecular complexity index is 1320. The molecule has 8 atom stereocenters. The number of ether oxygens (including phenoxy) is 1. The molecule has 5 heteroatoms. The molecule has 0 aromatic rings. The molecule has 0 saturated heterocycles. The summed E-state index contributed by atoms with van der Waals surface area (Å²) in [7, 11) is 1.46. The Kier molecular flexibility index (Phi) is 4.45. The van der Waals surface area contributed by atoms with Crippen molar-refractivity contribution in [3.8, 4) is 6.07 Å². The highest BCUT2D eigenvalue weighted by molar-refractivity contribution is 6.06. The molecular formula is C32H41NO4. The SMILES string of the molecule is [2H]C1([2H])CC12C(=O)C(C#N)=C[C@]1(C)C3=CC(=O)[C@@H]4[C@@H]5CC(C)(C)CC[C@]5(C(=O)OC)CC[C@@]4(C)[C@]3(C)CC[C@@H]21. The van der Waals surface area contributed by atoms with E-state index in [-0.39, 0.29) is 58.1 Å². The third-order valence-electron chi connectivity index (χ3n) is 12.6. The summed E-state index contributed by atoms with van der Waals surface area (Å²) in [5.41, 5.74) is -2.39. The first-order chi connectivity index (χ1) is 18.0. The standard InChI is InChI=1S/C32H41NO4/c1-27(2)9-11-31(26(36)37-6)12-10-30(5)24(20(31)17-27)21(34)15-23-28(3)16-19(18-33)25(35)32(13-14-32)22(28)7-8-29(23,30)4/h15-16,20,22,24H,7-14,17H2,1-6H3/t20-,22+,24-,28-,29+,30+,31-/m0/s1/i13D2/t20-,22+,24-,28-,29+,30+,31-,32?. The molecule has 5 nitrogen and oxygen atoms in total. The van der Waals surface area contributed by atoms with Crippen molar-refractivity contribution >= 4 is 17.5 Å². The molecule has 0 aromatic heterocycles. The second-order valence-electron chi connectivity index (χ2n) is 14.5. The minimum atomic E-state index is -1.65. The Labute approximate surface area is 223 Å².